The lowest BCUT2D eigenvalue weighted by molar-refractivity contribution is -0.192. The van der Waals surface area contributed by atoms with E-state index in [1.165, 1.54) is 32.1 Å². The molecule has 2 fully saturated rings. The van der Waals surface area contributed by atoms with E-state index in [0.29, 0.717) is 23.0 Å². The molecule has 1 aliphatic carbocycles. The lowest BCUT2D eigenvalue weighted by Crippen LogP contribution is -2.46. The van der Waals surface area contributed by atoms with Gasteiger partial charge in [-0.1, -0.05) is 49.1 Å². The number of anilines is 1. The minimum absolute atomic E-state index is 0.00183. The summed E-state index contributed by atoms with van der Waals surface area (Å²) in [7, 11) is 0. The standard InChI is InChI=1S/C28H34ClN3O2.C2HF3O2/c29-24-12-10-22(11-13-24)28(34)31-19-23-6-4-5-9-26(23)32(27(33)20-31)18-21-14-16-30(17-15-21)25-7-2-1-3-8-25;3-2(4,5)1(6)7/h4-6,9-13,21,25H,1-3,7-8,14-20H2;(H,6,7). The van der Waals surface area contributed by atoms with Gasteiger partial charge in [0.05, 0.1) is 0 Å². The Morgan fingerprint density at radius 1 is 0.902 bits per heavy atom. The number of aliphatic carboxylic acids is 1. The Morgan fingerprint density at radius 2 is 1.51 bits per heavy atom. The second-order valence-electron chi connectivity index (χ2n) is 10.9. The molecular formula is C30H35ClF3N3O4. The first-order valence-electron chi connectivity index (χ1n) is 14.0. The number of carboxylic acids is 1. The van der Waals surface area contributed by atoms with Crippen LogP contribution in [0.3, 0.4) is 0 Å². The molecule has 0 aromatic heterocycles. The van der Waals surface area contributed by atoms with E-state index >= 15 is 0 Å². The monoisotopic (exact) mass is 593 g/mol. The molecule has 2 aromatic carbocycles. The maximum Gasteiger partial charge on any atom is 0.490 e. The van der Waals surface area contributed by atoms with Crippen molar-refractivity contribution in [3.63, 3.8) is 0 Å². The van der Waals surface area contributed by atoms with E-state index < -0.39 is 12.1 Å². The summed E-state index contributed by atoms with van der Waals surface area (Å²) >= 11 is 5.99. The highest BCUT2D eigenvalue weighted by Gasteiger charge is 2.38. The first-order valence-corrected chi connectivity index (χ1v) is 14.4. The zero-order chi connectivity index (χ0) is 29.6. The quantitative estimate of drug-likeness (QED) is 0.470. The highest BCUT2D eigenvalue weighted by atomic mass is 35.5. The molecule has 222 valence electrons. The summed E-state index contributed by atoms with van der Waals surface area (Å²) < 4.78 is 31.7. The van der Waals surface area contributed by atoms with Crippen molar-refractivity contribution >= 4 is 35.1 Å². The second kappa shape index (κ2) is 13.7. The number of fused-ring (bicyclic) bond motifs is 1. The fourth-order valence-corrected chi connectivity index (χ4v) is 6.00. The summed E-state index contributed by atoms with van der Waals surface area (Å²) in [6, 6.07) is 15.7. The highest BCUT2D eigenvalue weighted by molar-refractivity contribution is 6.30. The fourth-order valence-electron chi connectivity index (χ4n) is 5.88. The van der Waals surface area contributed by atoms with Crippen LogP contribution < -0.4 is 4.90 Å². The van der Waals surface area contributed by atoms with Gasteiger partial charge in [0.2, 0.25) is 5.91 Å². The summed E-state index contributed by atoms with van der Waals surface area (Å²) in [4.78, 5) is 41.9. The predicted octanol–water partition coefficient (Wildman–Crippen LogP) is 6.01. The van der Waals surface area contributed by atoms with Gasteiger partial charge in [0, 0.05) is 35.4 Å². The lowest BCUT2D eigenvalue weighted by atomic mass is 9.90. The van der Waals surface area contributed by atoms with Crippen LogP contribution in [0.5, 0.6) is 0 Å². The van der Waals surface area contributed by atoms with E-state index in [9.17, 15) is 22.8 Å². The molecule has 0 radical (unpaired) electrons. The second-order valence-corrected chi connectivity index (χ2v) is 11.3. The number of carbonyl (C=O) groups is 3. The van der Waals surface area contributed by atoms with Gasteiger partial charge >= 0.3 is 12.1 Å². The molecule has 1 N–H and O–H groups in total. The Balaban J connectivity index is 0.000000493. The van der Waals surface area contributed by atoms with Crippen molar-refractivity contribution in [3.05, 3.63) is 64.7 Å². The van der Waals surface area contributed by atoms with Crippen LogP contribution in [0.15, 0.2) is 48.5 Å². The number of halogens is 4. The summed E-state index contributed by atoms with van der Waals surface area (Å²) in [5, 5.41) is 7.72. The van der Waals surface area contributed by atoms with E-state index in [2.05, 4.69) is 4.90 Å². The molecule has 0 bridgehead atoms. The van der Waals surface area contributed by atoms with Crippen LogP contribution in [0.25, 0.3) is 0 Å². The summed E-state index contributed by atoms with van der Waals surface area (Å²) in [5.74, 6) is -2.40. The highest BCUT2D eigenvalue weighted by Crippen LogP contribution is 2.31. The number of carboxylic acid groups (broad SMARTS) is 1. The number of amides is 2. The molecule has 1 saturated carbocycles. The molecule has 0 unspecified atom stereocenters. The Bertz CT molecular complexity index is 1210. The number of carbonyl (C=O) groups excluding carboxylic acids is 2. The number of benzene rings is 2. The molecule has 0 spiro atoms. The smallest absolute Gasteiger partial charge is 0.475 e. The van der Waals surface area contributed by atoms with E-state index in [1.807, 2.05) is 29.2 Å². The average Bonchev–Trinajstić information content (AvgIpc) is 3.10. The Labute approximate surface area is 242 Å². The normalized spacial score (nSPS) is 19.2. The van der Waals surface area contributed by atoms with Gasteiger partial charge < -0.3 is 19.8 Å². The number of piperidine rings is 1. The minimum Gasteiger partial charge on any atom is -0.475 e. The van der Waals surface area contributed by atoms with Crippen molar-refractivity contribution in [2.24, 2.45) is 5.92 Å². The van der Waals surface area contributed by atoms with Crippen molar-refractivity contribution in [1.29, 1.82) is 0 Å². The fraction of sp³-hybridized carbons (Fsp3) is 0.500. The number of alkyl halides is 3. The third-order valence-corrected chi connectivity index (χ3v) is 8.32. The van der Waals surface area contributed by atoms with Gasteiger partial charge in [-0.25, -0.2) is 4.79 Å². The Morgan fingerprint density at radius 3 is 2.12 bits per heavy atom. The topological polar surface area (TPSA) is 81.2 Å². The van der Waals surface area contributed by atoms with E-state index in [4.69, 9.17) is 21.5 Å². The van der Waals surface area contributed by atoms with E-state index in [1.54, 1.807) is 29.2 Å². The first-order chi connectivity index (χ1) is 19.5. The van der Waals surface area contributed by atoms with E-state index in [0.717, 1.165) is 49.8 Å². The lowest BCUT2D eigenvalue weighted by Gasteiger charge is -2.40. The third kappa shape index (κ3) is 8.23. The molecular weight excluding hydrogens is 559 g/mol. The summed E-state index contributed by atoms with van der Waals surface area (Å²) in [6.07, 6.45) is 4.01. The van der Waals surface area contributed by atoms with Crippen molar-refractivity contribution in [1.82, 2.24) is 9.80 Å². The van der Waals surface area contributed by atoms with Crippen LogP contribution >= 0.6 is 11.6 Å². The molecule has 0 atom stereocenters. The van der Waals surface area contributed by atoms with Gasteiger partial charge in [0.15, 0.2) is 0 Å². The number of likely N-dealkylation sites (tertiary alicyclic amines) is 1. The number of nitrogens with zero attached hydrogens (tertiary/aromatic N) is 3. The van der Waals surface area contributed by atoms with Crippen molar-refractivity contribution in [2.45, 2.75) is 63.7 Å². The molecule has 41 heavy (non-hydrogen) atoms. The molecule has 2 heterocycles. The summed E-state index contributed by atoms with van der Waals surface area (Å²) in [6.45, 7) is 3.54. The zero-order valence-corrected chi connectivity index (χ0v) is 23.5. The SMILES string of the molecule is O=C(O)C(F)(F)F.O=C(c1ccc(Cl)cc1)N1CC(=O)N(CC2CCN(C3CCCCC3)CC2)c2ccccc2C1. The number of para-hydroxylation sites is 1. The third-order valence-electron chi connectivity index (χ3n) is 8.07. The minimum atomic E-state index is -5.08. The molecule has 2 amide bonds. The molecule has 2 aliphatic heterocycles. The van der Waals surface area contributed by atoms with Crippen molar-refractivity contribution in [2.75, 3.05) is 31.1 Å². The molecule has 5 rings (SSSR count). The maximum atomic E-state index is 13.5. The van der Waals surface area contributed by atoms with Crippen LogP contribution in [0, 0.1) is 5.92 Å². The van der Waals surface area contributed by atoms with Crippen LogP contribution in [0.1, 0.15) is 60.9 Å². The van der Waals surface area contributed by atoms with Crippen LogP contribution in [-0.4, -0.2) is 71.1 Å². The zero-order valence-electron chi connectivity index (χ0n) is 22.8. The number of hydrogen-bond acceptors (Lipinski definition) is 4. The van der Waals surface area contributed by atoms with E-state index in [-0.39, 0.29) is 18.4 Å². The van der Waals surface area contributed by atoms with Crippen molar-refractivity contribution in [3.8, 4) is 0 Å². The van der Waals surface area contributed by atoms with Crippen LogP contribution in [0.4, 0.5) is 18.9 Å². The molecule has 1 saturated heterocycles. The molecule has 3 aliphatic rings. The largest absolute Gasteiger partial charge is 0.490 e. The molecule has 2 aromatic rings. The number of hydrogen-bond donors (Lipinski definition) is 1. The molecule has 7 nitrogen and oxygen atoms in total. The van der Waals surface area contributed by atoms with Gasteiger partial charge in [-0.05, 0) is 80.6 Å². The van der Waals surface area contributed by atoms with Crippen LogP contribution in [-0.2, 0) is 16.1 Å². The van der Waals surface area contributed by atoms with Gasteiger partial charge in [-0.2, -0.15) is 13.2 Å². The number of rotatable bonds is 4. The van der Waals surface area contributed by atoms with Gasteiger partial charge in [0.1, 0.15) is 6.54 Å². The molecule has 11 heteroatoms. The average molecular weight is 594 g/mol. The Kier molecular flexibility index (Phi) is 10.3. The van der Waals surface area contributed by atoms with Gasteiger partial charge in [-0.3, -0.25) is 9.59 Å². The van der Waals surface area contributed by atoms with Gasteiger partial charge in [0.25, 0.3) is 5.91 Å². The Hall–Kier alpha value is -3.11. The van der Waals surface area contributed by atoms with Gasteiger partial charge in [-0.15, -0.1) is 0 Å². The predicted molar refractivity (Wildman–Crippen MR) is 150 cm³/mol. The maximum absolute atomic E-state index is 13.5. The first kappa shape index (κ1) is 30.8. The van der Waals surface area contributed by atoms with Crippen molar-refractivity contribution < 1.29 is 32.7 Å². The summed E-state index contributed by atoms with van der Waals surface area (Å²) in [5.41, 5.74) is 2.53. The van der Waals surface area contributed by atoms with Crippen LogP contribution in [0.2, 0.25) is 5.02 Å².